The van der Waals surface area contributed by atoms with Gasteiger partial charge in [0.1, 0.15) is 0 Å². The van der Waals surface area contributed by atoms with Crippen molar-refractivity contribution in [2.45, 2.75) is 24.2 Å². The second-order valence-electron chi connectivity index (χ2n) is 14.5. The molecule has 0 aromatic heterocycles. The van der Waals surface area contributed by atoms with Crippen LogP contribution in [-0.2, 0) is 24.6 Å². The van der Waals surface area contributed by atoms with Gasteiger partial charge in [-0.3, -0.25) is 24.1 Å². The van der Waals surface area contributed by atoms with Crippen molar-refractivity contribution in [3.8, 4) is 11.5 Å². The van der Waals surface area contributed by atoms with E-state index >= 15 is 4.79 Å². The van der Waals surface area contributed by atoms with Crippen LogP contribution in [0.2, 0.25) is 5.02 Å². The first-order chi connectivity index (χ1) is 26.7. The minimum atomic E-state index is -1.52. The molecule has 2 heterocycles. The fourth-order valence-corrected chi connectivity index (χ4v) is 9.85. The summed E-state index contributed by atoms with van der Waals surface area (Å²) in [4.78, 5) is 61.8. The van der Waals surface area contributed by atoms with Crippen molar-refractivity contribution in [3.63, 3.8) is 0 Å². The zero-order valence-electron chi connectivity index (χ0n) is 29.8. The Morgan fingerprint density at radius 2 is 1.42 bits per heavy atom. The molecular formula is C45H36ClN3O6. The number of halogens is 1. The number of hydrogen-bond donors (Lipinski definition) is 2. The lowest BCUT2D eigenvalue weighted by molar-refractivity contribution is -0.127. The number of allylic oxidation sites excluding steroid dienone is 2. The molecule has 10 heteroatoms. The van der Waals surface area contributed by atoms with Crippen molar-refractivity contribution in [3.05, 3.63) is 155 Å². The molecule has 5 aromatic rings. The van der Waals surface area contributed by atoms with Gasteiger partial charge in [-0.25, -0.2) is 4.90 Å². The number of anilines is 4. The van der Waals surface area contributed by atoms with E-state index in [1.165, 1.54) is 16.9 Å². The first-order valence-corrected chi connectivity index (χ1v) is 18.7. The fraction of sp³-hybridized carbons (Fsp3) is 0.200. The van der Waals surface area contributed by atoms with Gasteiger partial charge in [-0.05, 0) is 85.0 Å². The van der Waals surface area contributed by atoms with Gasteiger partial charge >= 0.3 is 0 Å². The highest BCUT2D eigenvalue weighted by Crippen LogP contribution is 2.65. The Labute approximate surface area is 322 Å². The van der Waals surface area contributed by atoms with Crippen LogP contribution in [0.3, 0.4) is 0 Å². The van der Waals surface area contributed by atoms with Crippen LogP contribution >= 0.6 is 11.6 Å². The predicted molar refractivity (Wildman–Crippen MR) is 209 cm³/mol. The van der Waals surface area contributed by atoms with Crippen molar-refractivity contribution in [1.82, 2.24) is 0 Å². The third-order valence-electron chi connectivity index (χ3n) is 11.9. The molecule has 3 fully saturated rings. The average molecular weight is 750 g/mol. The number of hydrogen-bond acceptors (Lipinski definition) is 7. The number of carbonyl (C=O) groups is 4. The number of ether oxygens (including phenoxy) is 1. The lowest BCUT2D eigenvalue weighted by Crippen LogP contribution is -2.53. The molecule has 2 saturated heterocycles. The summed E-state index contributed by atoms with van der Waals surface area (Å²) in [7, 11) is 1.45. The molecule has 4 amide bonds. The number of nitrogens with zero attached hydrogens (tertiary/aromatic N) is 2. The molecule has 9 nitrogen and oxygen atoms in total. The molecule has 55 heavy (non-hydrogen) atoms. The van der Waals surface area contributed by atoms with Crippen LogP contribution < -0.4 is 19.9 Å². The number of carbonyl (C=O) groups excluding carboxylic acids is 4. The summed E-state index contributed by atoms with van der Waals surface area (Å²) in [6.07, 6.45) is 2.36. The molecule has 4 aliphatic rings. The molecule has 0 bridgehead atoms. The largest absolute Gasteiger partial charge is 0.504 e. The standard InChI is InChI=1S/C45H36ClN3O6/c1-55-37-17-9-16-34(40(37)50)39-32-22-23-33-38(43(53)48(41(33)51)30-20-18-29(19-21-30)47-28-13-6-3-7-14-28)35(32)25-36-42(52)49(31-15-8-12-27(46)24-31)44(54)45(36,39)26-10-4-2-5-11-26/h2-22,24,33,35-36,38-39,47,50H,23,25H2,1H3/t33-,35+,36-,38-,39+,45+/m0/s1. The summed E-state index contributed by atoms with van der Waals surface area (Å²) in [5.74, 6) is -5.38. The van der Waals surface area contributed by atoms with Gasteiger partial charge in [-0.2, -0.15) is 0 Å². The Bertz CT molecular complexity index is 2400. The number of nitrogens with one attached hydrogen (secondary N) is 1. The highest BCUT2D eigenvalue weighted by atomic mass is 35.5. The van der Waals surface area contributed by atoms with Crippen LogP contribution in [0.25, 0.3) is 0 Å². The topological polar surface area (TPSA) is 116 Å². The quantitative estimate of drug-likeness (QED) is 0.127. The molecule has 2 aliphatic heterocycles. The Balaban J connectivity index is 1.18. The maximum absolute atomic E-state index is 15.4. The minimum Gasteiger partial charge on any atom is -0.504 e. The number of amides is 4. The first kappa shape index (κ1) is 34.6. The molecule has 2 N–H and O–H groups in total. The minimum absolute atomic E-state index is 0.136. The Morgan fingerprint density at radius 1 is 0.727 bits per heavy atom. The molecular weight excluding hydrogens is 714 g/mol. The van der Waals surface area contributed by atoms with Crippen molar-refractivity contribution >= 4 is 58.0 Å². The van der Waals surface area contributed by atoms with E-state index in [1.54, 1.807) is 54.6 Å². The normalized spacial score (nSPS) is 25.6. The number of methoxy groups -OCH3 is 1. The van der Waals surface area contributed by atoms with E-state index in [4.69, 9.17) is 16.3 Å². The molecule has 274 valence electrons. The van der Waals surface area contributed by atoms with Gasteiger partial charge in [-0.15, -0.1) is 0 Å². The average Bonchev–Trinajstić information content (AvgIpc) is 3.60. The number of aromatic hydroxyl groups is 1. The number of fused-ring (bicyclic) bond motifs is 4. The molecule has 0 radical (unpaired) electrons. The van der Waals surface area contributed by atoms with Crippen LogP contribution in [0.1, 0.15) is 29.9 Å². The second-order valence-corrected chi connectivity index (χ2v) is 15.0. The first-order valence-electron chi connectivity index (χ1n) is 18.3. The maximum atomic E-state index is 15.4. The molecule has 0 spiro atoms. The van der Waals surface area contributed by atoms with E-state index in [1.807, 2.05) is 78.9 Å². The van der Waals surface area contributed by atoms with Crippen molar-refractivity contribution < 1.29 is 29.0 Å². The van der Waals surface area contributed by atoms with Crippen LogP contribution in [0, 0.1) is 23.7 Å². The highest BCUT2D eigenvalue weighted by Gasteiger charge is 2.70. The molecule has 6 atom stereocenters. The summed E-state index contributed by atoms with van der Waals surface area (Å²) in [6, 6.07) is 37.8. The summed E-state index contributed by atoms with van der Waals surface area (Å²) < 4.78 is 5.56. The Morgan fingerprint density at radius 3 is 2.13 bits per heavy atom. The summed E-state index contributed by atoms with van der Waals surface area (Å²) >= 11 is 6.42. The van der Waals surface area contributed by atoms with Crippen molar-refractivity contribution in [1.29, 1.82) is 0 Å². The lowest BCUT2D eigenvalue weighted by Gasteiger charge is -2.50. The molecule has 9 rings (SSSR count). The number of rotatable bonds is 7. The zero-order valence-corrected chi connectivity index (χ0v) is 30.5. The SMILES string of the molecule is COc1cccc([C@H]2C3=CC[C@@H]4C(=O)N(c5ccc(Nc6ccccc6)cc5)C(=O)[C@@H]4[C@@H]3C[C@H]3C(=O)N(c4cccc(Cl)c4)C(=O)[C@@]23c2ccccc2)c1O. The van der Waals surface area contributed by atoms with Gasteiger partial charge in [0.15, 0.2) is 11.5 Å². The second kappa shape index (κ2) is 13.3. The van der Waals surface area contributed by atoms with Gasteiger partial charge in [0.25, 0.3) is 0 Å². The van der Waals surface area contributed by atoms with Crippen molar-refractivity contribution in [2.24, 2.45) is 23.7 Å². The Hall–Kier alpha value is -6.19. The van der Waals surface area contributed by atoms with Gasteiger partial charge in [-0.1, -0.05) is 90.0 Å². The van der Waals surface area contributed by atoms with Gasteiger partial charge < -0.3 is 15.2 Å². The van der Waals surface area contributed by atoms with Crippen molar-refractivity contribution in [2.75, 3.05) is 22.2 Å². The summed E-state index contributed by atoms with van der Waals surface area (Å²) in [6.45, 7) is 0. The molecule has 2 aliphatic carbocycles. The number of para-hydroxylation sites is 2. The van der Waals surface area contributed by atoms with E-state index in [9.17, 15) is 19.5 Å². The fourth-order valence-electron chi connectivity index (χ4n) is 9.66. The van der Waals surface area contributed by atoms with E-state index in [0.717, 1.165) is 16.9 Å². The number of phenolic OH excluding ortho intramolecular Hbond substituents is 1. The monoisotopic (exact) mass is 749 g/mol. The summed E-state index contributed by atoms with van der Waals surface area (Å²) in [5, 5.41) is 15.6. The number of benzene rings is 5. The number of imide groups is 2. The van der Waals surface area contributed by atoms with Crippen LogP contribution in [0.15, 0.2) is 139 Å². The van der Waals surface area contributed by atoms with E-state index in [-0.39, 0.29) is 36.2 Å². The third kappa shape index (κ3) is 5.21. The van der Waals surface area contributed by atoms with Crippen LogP contribution in [0.5, 0.6) is 11.5 Å². The number of phenols is 1. The predicted octanol–water partition coefficient (Wildman–Crippen LogP) is 8.16. The lowest BCUT2D eigenvalue weighted by atomic mass is 9.49. The smallest absolute Gasteiger partial charge is 0.246 e. The van der Waals surface area contributed by atoms with Gasteiger partial charge in [0, 0.05) is 27.9 Å². The van der Waals surface area contributed by atoms with Crippen LogP contribution in [0.4, 0.5) is 22.7 Å². The van der Waals surface area contributed by atoms with E-state index in [2.05, 4.69) is 5.32 Å². The molecule has 5 aromatic carbocycles. The molecule has 1 saturated carbocycles. The van der Waals surface area contributed by atoms with E-state index in [0.29, 0.717) is 27.5 Å². The maximum Gasteiger partial charge on any atom is 0.246 e. The van der Waals surface area contributed by atoms with Gasteiger partial charge in [0.05, 0.1) is 41.7 Å². The van der Waals surface area contributed by atoms with Crippen LogP contribution in [-0.4, -0.2) is 35.8 Å². The zero-order chi connectivity index (χ0) is 38.0. The highest BCUT2D eigenvalue weighted by molar-refractivity contribution is 6.32. The molecule has 0 unspecified atom stereocenters. The summed E-state index contributed by atoms with van der Waals surface area (Å²) in [5.41, 5.74) is 2.72. The third-order valence-corrected chi connectivity index (χ3v) is 12.2. The van der Waals surface area contributed by atoms with Gasteiger partial charge in [0.2, 0.25) is 23.6 Å². The van der Waals surface area contributed by atoms with E-state index < -0.39 is 46.8 Å². The Kier molecular flexibility index (Phi) is 8.35.